The summed E-state index contributed by atoms with van der Waals surface area (Å²) < 4.78 is 0. The van der Waals surface area contributed by atoms with Gasteiger partial charge in [-0.2, -0.15) is 0 Å². The molecule has 1 saturated heterocycles. The van der Waals surface area contributed by atoms with Gasteiger partial charge in [0.2, 0.25) is 0 Å². The van der Waals surface area contributed by atoms with Crippen LogP contribution < -0.4 is 5.73 Å². The van der Waals surface area contributed by atoms with Crippen molar-refractivity contribution in [3.63, 3.8) is 0 Å². The highest BCUT2D eigenvalue weighted by atomic mass is 16.4. The lowest BCUT2D eigenvalue weighted by Gasteiger charge is -2.32. The SMILES string of the molecule is NC1CC(C(=O)O)CN(C(=O)O)C1. The molecule has 1 fully saturated rings. The van der Waals surface area contributed by atoms with Crippen LogP contribution in [0.5, 0.6) is 0 Å². The molecule has 0 aliphatic carbocycles. The third-order valence-electron chi connectivity index (χ3n) is 2.10. The molecule has 2 unspecified atom stereocenters. The minimum absolute atomic E-state index is 0.0400. The zero-order valence-electron chi connectivity index (χ0n) is 7.01. The van der Waals surface area contributed by atoms with Crippen LogP contribution >= 0.6 is 0 Å². The Bertz CT molecular complexity index is 209. The number of nitrogens with zero attached hydrogens (tertiary/aromatic N) is 1. The third kappa shape index (κ3) is 2.32. The lowest BCUT2D eigenvalue weighted by Crippen LogP contribution is -2.50. The van der Waals surface area contributed by atoms with Crippen LogP contribution in [0.1, 0.15) is 6.42 Å². The van der Waals surface area contributed by atoms with Crippen LogP contribution in [0, 0.1) is 5.92 Å². The van der Waals surface area contributed by atoms with Crippen molar-refractivity contribution in [2.45, 2.75) is 12.5 Å². The molecular weight excluding hydrogens is 176 g/mol. The normalized spacial score (nSPS) is 28.5. The van der Waals surface area contributed by atoms with Crippen LogP contribution in [0.25, 0.3) is 0 Å². The lowest BCUT2D eigenvalue weighted by molar-refractivity contribution is -0.143. The first-order valence-electron chi connectivity index (χ1n) is 3.97. The van der Waals surface area contributed by atoms with Gasteiger partial charge in [0.1, 0.15) is 0 Å². The largest absolute Gasteiger partial charge is 0.481 e. The molecule has 13 heavy (non-hydrogen) atoms. The predicted octanol–water partition coefficient (Wildman–Crippen LogP) is -0.602. The highest BCUT2D eigenvalue weighted by molar-refractivity contribution is 5.72. The minimum atomic E-state index is -1.11. The monoisotopic (exact) mass is 188 g/mol. The van der Waals surface area contributed by atoms with Gasteiger partial charge in [0.05, 0.1) is 5.92 Å². The molecule has 6 heteroatoms. The molecule has 1 amide bonds. The molecule has 0 aromatic carbocycles. The number of carboxylic acid groups (broad SMARTS) is 2. The van der Waals surface area contributed by atoms with Gasteiger partial charge in [0.25, 0.3) is 0 Å². The topological polar surface area (TPSA) is 104 Å². The number of likely N-dealkylation sites (tertiary alicyclic amines) is 1. The van der Waals surface area contributed by atoms with Gasteiger partial charge in [-0.25, -0.2) is 4.79 Å². The molecule has 0 saturated carbocycles. The third-order valence-corrected chi connectivity index (χ3v) is 2.10. The molecule has 1 aliphatic rings. The van der Waals surface area contributed by atoms with Crippen molar-refractivity contribution in [2.24, 2.45) is 11.7 Å². The van der Waals surface area contributed by atoms with E-state index in [1.54, 1.807) is 0 Å². The molecule has 2 atom stereocenters. The summed E-state index contributed by atoms with van der Waals surface area (Å²) in [7, 11) is 0. The van der Waals surface area contributed by atoms with Gasteiger partial charge < -0.3 is 20.8 Å². The van der Waals surface area contributed by atoms with Crippen molar-refractivity contribution in [1.29, 1.82) is 0 Å². The number of amides is 1. The van der Waals surface area contributed by atoms with E-state index in [0.29, 0.717) is 6.42 Å². The number of piperidine rings is 1. The molecule has 1 aliphatic heterocycles. The van der Waals surface area contributed by atoms with Crippen LogP contribution in [-0.4, -0.2) is 46.3 Å². The van der Waals surface area contributed by atoms with Gasteiger partial charge in [-0.15, -0.1) is 0 Å². The number of rotatable bonds is 1. The Balaban J connectivity index is 2.62. The molecule has 6 nitrogen and oxygen atoms in total. The molecule has 0 spiro atoms. The summed E-state index contributed by atoms with van der Waals surface area (Å²) in [5.41, 5.74) is 5.52. The fourth-order valence-electron chi connectivity index (χ4n) is 1.47. The molecule has 1 rings (SSSR count). The zero-order chi connectivity index (χ0) is 10.0. The number of carboxylic acids is 1. The van der Waals surface area contributed by atoms with Crippen LogP contribution in [0.3, 0.4) is 0 Å². The second kappa shape index (κ2) is 3.61. The van der Waals surface area contributed by atoms with Gasteiger partial charge in [-0.3, -0.25) is 4.79 Å². The van der Waals surface area contributed by atoms with E-state index in [1.807, 2.05) is 0 Å². The average Bonchev–Trinajstić information content (AvgIpc) is 2.03. The number of hydrogen-bond donors (Lipinski definition) is 3. The van der Waals surface area contributed by atoms with Crippen LogP contribution in [0.4, 0.5) is 4.79 Å². The van der Waals surface area contributed by atoms with Crippen molar-refractivity contribution in [2.75, 3.05) is 13.1 Å². The maximum Gasteiger partial charge on any atom is 0.407 e. The molecule has 0 radical (unpaired) electrons. The fraction of sp³-hybridized carbons (Fsp3) is 0.714. The number of carbonyl (C=O) groups is 2. The van der Waals surface area contributed by atoms with Gasteiger partial charge >= 0.3 is 12.1 Å². The van der Waals surface area contributed by atoms with E-state index < -0.39 is 18.0 Å². The van der Waals surface area contributed by atoms with Crippen molar-refractivity contribution in [1.82, 2.24) is 4.90 Å². The zero-order valence-corrected chi connectivity index (χ0v) is 7.01. The second-order valence-corrected chi connectivity index (χ2v) is 3.22. The van der Waals surface area contributed by atoms with Gasteiger partial charge in [-0.1, -0.05) is 0 Å². The Morgan fingerprint density at radius 2 is 1.92 bits per heavy atom. The van der Waals surface area contributed by atoms with Gasteiger partial charge in [0.15, 0.2) is 0 Å². The Hall–Kier alpha value is -1.30. The van der Waals surface area contributed by atoms with Crippen molar-refractivity contribution in [3.05, 3.63) is 0 Å². The highest BCUT2D eigenvalue weighted by Crippen LogP contribution is 2.15. The van der Waals surface area contributed by atoms with E-state index in [2.05, 4.69) is 0 Å². The van der Waals surface area contributed by atoms with Crippen molar-refractivity contribution >= 4 is 12.1 Å². The van der Waals surface area contributed by atoms with Crippen molar-refractivity contribution in [3.8, 4) is 0 Å². The molecule has 0 bridgehead atoms. The summed E-state index contributed by atoms with van der Waals surface area (Å²) in [5.74, 6) is -1.65. The van der Waals surface area contributed by atoms with E-state index in [1.165, 1.54) is 0 Å². The van der Waals surface area contributed by atoms with E-state index >= 15 is 0 Å². The van der Waals surface area contributed by atoms with Crippen molar-refractivity contribution < 1.29 is 19.8 Å². The van der Waals surface area contributed by atoms with E-state index in [9.17, 15) is 9.59 Å². The first-order chi connectivity index (χ1) is 6.00. The van der Waals surface area contributed by atoms with Crippen LogP contribution in [0.15, 0.2) is 0 Å². The predicted molar refractivity (Wildman–Crippen MR) is 43.3 cm³/mol. The quantitative estimate of drug-likeness (QED) is 0.509. The average molecular weight is 188 g/mol. The summed E-state index contributed by atoms with van der Waals surface area (Å²) in [6, 6.07) is -0.369. The van der Waals surface area contributed by atoms with E-state index in [-0.39, 0.29) is 19.1 Å². The van der Waals surface area contributed by atoms with E-state index in [0.717, 1.165) is 4.90 Å². The number of hydrogen-bond acceptors (Lipinski definition) is 3. The Morgan fingerprint density at radius 3 is 2.38 bits per heavy atom. The van der Waals surface area contributed by atoms with E-state index in [4.69, 9.17) is 15.9 Å². The summed E-state index contributed by atoms with van der Waals surface area (Å²) >= 11 is 0. The van der Waals surface area contributed by atoms with Crippen LogP contribution in [0.2, 0.25) is 0 Å². The summed E-state index contributed by atoms with van der Waals surface area (Å²) in [6.45, 7) is 0.261. The standard InChI is InChI=1S/C7H12N2O4/c8-5-1-4(6(10)11)2-9(3-5)7(12)13/h4-5H,1-3,8H2,(H,10,11)(H,12,13). The van der Waals surface area contributed by atoms with Gasteiger partial charge in [-0.05, 0) is 6.42 Å². The number of aliphatic carboxylic acids is 1. The summed E-state index contributed by atoms with van der Waals surface area (Å²) in [4.78, 5) is 22.2. The fourth-order valence-corrected chi connectivity index (χ4v) is 1.47. The van der Waals surface area contributed by atoms with Gasteiger partial charge in [0, 0.05) is 19.1 Å². The highest BCUT2D eigenvalue weighted by Gasteiger charge is 2.31. The second-order valence-electron chi connectivity index (χ2n) is 3.22. The van der Waals surface area contributed by atoms with Crippen LogP contribution in [-0.2, 0) is 4.79 Å². The Labute approximate surface area is 74.9 Å². The number of nitrogens with two attached hydrogens (primary N) is 1. The first kappa shape index (κ1) is 9.79. The minimum Gasteiger partial charge on any atom is -0.481 e. The molecule has 74 valence electrons. The molecular formula is C7H12N2O4. The molecule has 4 N–H and O–H groups in total. The molecule has 0 aromatic heterocycles. The Morgan fingerprint density at radius 1 is 1.31 bits per heavy atom. The summed E-state index contributed by atoms with van der Waals surface area (Å²) in [6.07, 6.45) is -0.763. The lowest BCUT2D eigenvalue weighted by atomic mass is 9.95. The molecule has 1 heterocycles. The smallest absolute Gasteiger partial charge is 0.407 e. The first-order valence-corrected chi connectivity index (χ1v) is 3.97. The molecule has 0 aromatic rings. The summed E-state index contributed by atoms with van der Waals surface area (Å²) in [5, 5.41) is 17.3. The maximum atomic E-state index is 10.6. The Kier molecular flexibility index (Phi) is 2.72. The maximum absolute atomic E-state index is 10.6.